The molecule has 0 spiro atoms. The first-order valence-electron chi connectivity index (χ1n) is 4.02. The van der Waals surface area contributed by atoms with E-state index in [-0.39, 0.29) is 11.4 Å². The van der Waals surface area contributed by atoms with Gasteiger partial charge in [0.05, 0.1) is 12.0 Å². The van der Waals surface area contributed by atoms with Gasteiger partial charge in [-0.3, -0.25) is 0 Å². The van der Waals surface area contributed by atoms with E-state index in [0.29, 0.717) is 0 Å². The van der Waals surface area contributed by atoms with Crippen LogP contribution in [0, 0.1) is 0 Å². The molecule has 1 atom stereocenters. The van der Waals surface area contributed by atoms with Gasteiger partial charge in [-0.1, -0.05) is 18.2 Å². The highest BCUT2D eigenvalue weighted by atomic mass is 35.5. The second-order valence-electron chi connectivity index (χ2n) is 2.76. The standard InChI is InChI=1S/C9H8ClF3O2/c10-5-7(14)6-3-1-2-4-8(6)15-9(11,12)13/h1-4,7,14H,5H2/t7-/m0/s1. The van der Waals surface area contributed by atoms with Crippen molar-refractivity contribution in [2.75, 3.05) is 5.88 Å². The Morgan fingerprint density at radius 1 is 1.33 bits per heavy atom. The molecule has 0 amide bonds. The van der Waals surface area contributed by atoms with Gasteiger partial charge in [0, 0.05) is 5.56 Å². The first-order chi connectivity index (χ1) is 6.94. The van der Waals surface area contributed by atoms with Gasteiger partial charge in [-0.25, -0.2) is 0 Å². The Balaban J connectivity index is 2.96. The highest BCUT2D eigenvalue weighted by Crippen LogP contribution is 2.30. The highest BCUT2D eigenvalue weighted by Gasteiger charge is 2.32. The molecule has 0 aliphatic heterocycles. The van der Waals surface area contributed by atoms with Crippen molar-refractivity contribution in [1.29, 1.82) is 0 Å². The van der Waals surface area contributed by atoms with Gasteiger partial charge in [0.15, 0.2) is 0 Å². The van der Waals surface area contributed by atoms with E-state index in [2.05, 4.69) is 4.74 Å². The second-order valence-corrected chi connectivity index (χ2v) is 3.06. The fraction of sp³-hybridized carbons (Fsp3) is 0.333. The molecule has 0 fully saturated rings. The molecule has 6 heteroatoms. The molecular weight excluding hydrogens is 233 g/mol. The van der Waals surface area contributed by atoms with Crippen molar-refractivity contribution < 1.29 is 23.0 Å². The zero-order chi connectivity index (χ0) is 11.5. The Hall–Kier alpha value is -0.940. The number of para-hydroxylation sites is 1. The zero-order valence-electron chi connectivity index (χ0n) is 7.46. The van der Waals surface area contributed by atoms with Crippen LogP contribution in [0.15, 0.2) is 24.3 Å². The highest BCUT2D eigenvalue weighted by molar-refractivity contribution is 6.18. The summed E-state index contributed by atoms with van der Waals surface area (Å²) in [5, 5.41) is 9.33. The molecule has 0 aliphatic rings. The lowest BCUT2D eigenvalue weighted by Crippen LogP contribution is -2.18. The molecule has 0 aromatic heterocycles. The van der Waals surface area contributed by atoms with Crippen molar-refractivity contribution in [2.45, 2.75) is 12.5 Å². The van der Waals surface area contributed by atoms with Crippen LogP contribution in [0.1, 0.15) is 11.7 Å². The Kier molecular flexibility index (Phi) is 3.82. The van der Waals surface area contributed by atoms with Gasteiger partial charge in [-0.05, 0) is 6.07 Å². The summed E-state index contributed by atoms with van der Waals surface area (Å²) in [6, 6.07) is 5.33. The fourth-order valence-corrected chi connectivity index (χ4v) is 1.22. The van der Waals surface area contributed by atoms with Crippen LogP contribution in [0.25, 0.3) is 0 Å². The second kappa shape index (κ2) is 4.72. The normalized spacial score (nSPS) is 13.7. The predicted octanol–water partition coefficient (Wildman–Crippen LogP) is 2.86. The fourth-order valence-electron chi connectivity index (χ4n) is 1.06. The van der Waals surface area contributed by atoms with Crippen LogP contribution in [0.5, 0.6) is 5.75 Å². The van der Waals surface area contributed by atoms with E-state index < -0.39 is 18.2 Å². The Morgan fingerprint density at radius 3 is 2.47 bits per heavy atom. The average Bonchev–Trinajstić information content (AvgIpc) is 2.15. The number of halogens is 4. The minimum Gasteiger partial charge on any atom is -0.405 e. The van der Waals surface area contributed by atoms with Gasteiger partial charge in [0.2, 0.25) is 0 Å². The van der Waals surface area contributed by atoms with E-state index in [1.54, 1.807) is 0 Å². The molecule has 0 unspecified atom stereocenters. The van der Waals surface area contributed by atoms with Crippen molar-refractivity contribution in [3.8, 4) is 5.75 Å². The maximum absolute atomic E-state index is 12.0. The Bertz CT molecular complexity index is 327. The molecule has 1 aromatic carbocycles. The molecule has 1 N–H and O–H groups in total. The van der Waals surface area contributed by atoms with Gasteiger partial charge in [0.1, 0.15) is 5.75 Å². The predicted molar refractivity (Wildman–Crippen MR) is 48.8 cm³/mol. The van der Waals surface area contributed by atoms with Crippen LogP contribution < -0.4 is 4.74 Å². The number of aliphatic hydroxyl groups excluding tert-OH is 1. The largest absolute Gasteiger partial charge is 0.573 e. The summed E-state index contributed by atoms with van der Waals surface area (Å²) >= 11 is 5.34. The Morgan fingerprint density at radius 2 is 1.93 bits per heavy atom. The molecule has 1 aromatic rings. The lowest BCUT2D eigenvalue weighted by Gasteiger charge is -2.15. The Labute approximate surface area is 89.2 Å². The molecule has 2 nitrogen and oxygen atoms in total. The van der Waals surface area contributed by atoms with E-state index >= 15 is 0 Å². The van der Waals surface area contributed by atoms with Crippen LogP contribution in [-0.4, -0.2) is 17.3 Å². The van der Waals surface area contributed by atoms with Crippen molar-refractivity contribution in [2.24, 2.45) is 0 Å². The van der Waals surface area contributed by atoms with E-state index in [9.17, 15) is 18.3 Å². The lowest BCUT2D eigenvalue weighted by molar-refractivity contribution is -0.275. The SMILES string of the molecule is O[C@@H](CCl)c1ccccc1OC(F)(F)F. The van der Waals surface area contributed by atoms with Gasteiger partial charge in [0.25, 0.3) is 0 Å². The quantitative estimate of drug-likeness (QED) is 0.824. The summed E-state index contributed by atoms with van der Waals surface area (Å²) in [5.41, 5.74) is 0.0184. The molecule has 15 heavy (non-hydrogen) atoms. The van der Waals surface area contributed by atoms with Gasteiger partial charge in [-0.15, -0.1) is 24.8 Å². The third kappa shape index (κ3) is 3.60. The van der Waals surface area contributed by atoms with E-state index in [4.69, 9.17) is 11.6 Å². The van der Waals surface area contributed by atoms with Gasteiger partial charge >= 0.3 is 6.36 Å². The summed E-state index contributed by atoms with van der Waals surface area (Å²) in [6.45, 7) is 0. The molecule has 0 saturated heterocycles. The number of hydrogen-bond acceptors (Lipinski definition) is 2. The van der Waals surface area contributed by atoms with Crippen molar-refractivity contribution in [1.82, 2.24) is 0 Å². The van der Waals surface area contributed by atoms with Crippen LogP contribution in [0.4, 0.5) is 13.2 Å². The summed E-state index contributed by atoms with van der Waals surface area (Å²) in [7, 11) is 0. The molecule has 1 rings (SSSR count). The van der Waals surface area contributed by atoms with Crippen molar-refractivity contribution in [3.05, 3.63) is 29.8 Å². The van der Waals surface area contributed by atoms with E-state index in [0.717, 1.165) is 6.07 Å². The maximum Gasteiger partial charge on any atom is 0.573 e. The van der Waals surface area contributed by atoms with Crippen LogP contribution >= 0.6 is 11.6 Å². The van der Waals surface area contributed by atoms with Crippen LogP contribution in [0.2, 0.25) is 0 Å². The molecule has 0 bridgehead atoms. The molecule has 0 saturated carbocycles. The molecule has 0 radical (unpaired) electrons. The average molecular weight is 241 g/mol. The number of alkyl halides is 4. The number of benzene rings is 1. The third-order valence-electron chi connectivity index (χ3n) is 1.65. The van der Waals surface area contributed by atoms with Gasteiger partial charge in [-0.2, -0.15) is 0 Å². The van der Waals surface area contributed by atoms with E-state index in [1.807, 2.05) is 0 Å². The van der Waals surface area contributed by atoms with E-state index in [1.165, 1.54) is 18.2 Å². The summed E-state index contributed by atoms with van der Waals surface area (Å²) in [6.07, 6.45) is -5.95. The van der Waals surface area contributed by atoms with Crippen molar-refractivity contribution in [3.63, 3.8) is 0 Å². The monoisotopic (exact) mass is 240 g/mol. The number of rotatable bonds is 3. The summed E-state index contributed by atoms with van der Waals surface area (Å²) < 4.78 is 39.6. The summed E-state index contributed by atoms with van der Waals surface area (Å²) in [4.78, 5) is 0. The number of hydrogen-bond donors (Lipinski definition) is 1. The molecule has 84 valence electrons. The first-order valence-corrected chi connectivity index (χ1v) is 4.56. The summed E-state index contributed by atoms with van der Waals surface area (Å²) in [5.74, 6) is -0.628. The number of aliphatic hydroxyl groups is 1. The topological polar surface area (TPSA) is 29.5 Å². The van der Waals surface area contributed by atoms with Crippen LogP contribution in [0.3, 0.4) is 0 Å². The zero-order valence-corrected chi connectivity index (χ0v) is 8.22. The van der Waals surface area contributed by atoms with Crippen LogP contribution in [-0.2, 0) is 0 Å². The molecule has 0 aliphatic carbocycles. The van der Waals surface area contributed by atoms with Gasteiger partial charge < -0.3 is 9.84 Å². The minimum absolute atomic E-state index is 0.0184. The lowest BCUT2D eigenvalue weighted by atomic mass is 10.1. The maximum atomic E-state index is 12.0. The third-order valence-corrected chi connectivity index (χ3v) is 1.94. The first kappa shape index (κ1) is 12.1. The smallest absolute Gasteiger partial charge is 0.405 e. The number of ether oxygens (including phenoxy) is 1. The molecule has 0 heterocycles. The minimum atomic E-state index is -4.78. The molecular formula is C9H8ClF3O2. The van der Waals surface area contributed by atoms with Crippen molar-refractivity contribution >= 4 is 11.6 Å².